The minimum atomic E-state index is 1.32. The standard InChI is InChI=1S/CHN3S2/c1-2-3-4-6-5-1/h1H. The molecule has 6 heavy (non-hydrogen) atoms. The second kappa shape index (κ2) is 2.20. The SMILES string of the molecule is C1=NN=NSS1. The van der Waals surface area contributed by atoms with Gasteiger partial charge in [-0.05, 0) is 16.0 Å². The monoisotopic (exact) mass is 119 g/mol. The second-order valence-corrected chi connectivity index (χ2v) is 2.30. The van der Waals surface area contributed by atoms with Crippen molar-refractivity contribution in [3.8, 4) is 0 Å². The van der Waals surface area contributed by atoms with Gasteiger partial charge in [0.05, 0.1) is 16.5 Å². The fraction of sp³-hybridized carbons (Fsp3) is 0. The van der Waals surface area contributed by atoms with Gasteiger partial charge < -0.3 is 0 Å². The van der Waals surface area contributed by atoms with Crippen molar-refractivity contribution in [2.45, 2.75) is 0 Å². The molecule has 0 radical (unpaired) electrons. The Labute approximate surface area is 42.8 Å². The lowest BCUT2D eigenvalue weighted by Gasteiger charge is -1.83. The molecule has 0 spiro atoms. The zero-order chi connectivity index (χ0) is 4.24. The normalized spacial score (nSPS) is 18.7. The van der Waals surface area contributed by atoms with E-state index >= 15 is 0 Å². The molecular formula is CHN3S2. The quantitative estimate of drug-likeness (QED) is 0.359. The van der Waals surface area contributed by atoms with Crippen molar-refractivity contribution in [2.24, 2.45) is 14.8 Å². The molecule has 0 saturated carbocycles. The van der Waals surface area contributed by atoms with Gasteiger partial charge >= 0.3 is 0 Å². The Morgan fingerprint density at radius 1 is 1.50 bits per heavy atom. The average Bonchev–Trinajstić information content (AvgIpc) is 1.72. The highest BCUT2D eigenvalue weighted by Crippen LogP contribution is 2.22. The maximum Gasteiger partial charge on any atom is 0.0968 e. The van der Waals surface area contributed by atoms with Crippen molar-refractivity contribution in [2.75, 3.05) is 0 Å². The molecule has 1 rings (SSSR count). The summed E-state index contributed by atoms with van der Waals surface area (Å²) in [6.45, 7) is 0. The molecule has 3 nitrogen and oxygen atoms in total. The topological polar surface area (TPSA) is 37.1 Å². The zero-order valence-corrected chi connectivity index (χ0v) is 4.37. The molecule has 0 saturated heterocycles. The van der Waals surface area contributed by atoms with Crippen LogP contribution >= 0.6 is 21.8 Å². The number of rotatable bonds is 0. The summed E-state index contributed by atoms with van der Waals surface area (Å²) in [6, 6.07) is 0. The molecular weight excluding hydrogens is 118 g/mol. The lowest BCUT2D eigenvalue weighted by atomic mass is 11.7. The predicted octanol–water partition coefficient (Wildman–Crippen LogP) is 1.69. The summed E-state index contributed by atoms with van der Waals surface area (Å²) in [6.07, 6.45) is 0. The maximum absolute atomic E-state index is 3.48. The Kier molecular flexibility index (Phi) is 1.52. The highest BCUT2D eigenvalue weighted by Gasteiger charge is 1.83. The Morgan fingerprint density at radius 2 is 2.50 bits per heavy atom. The highest BCUT2D eigenvalue weighted by atomic mass is 33.1. The molecule has 1 heterocycles. The fourth-order valence-electron chi connectivity index (χ4n) is 0.115. The Hall–Kier alpha value is -0.0300. The Morgan fingerprint density at radius 3 is 2.67 bits per heavy atom. The first-order valence-electron chi connectivity index (χ1n) is 1.24. The molecule has 0 aromatic carbocycles. The first-order valence-corrected chi connectivity index (χ1v) is 3.41. The van der Waals surface area contributed by atoms with E-state index in [1.165, 1.54) is 21.8 Å². The molecule has 0 atom stereocenters. The zero-order valence-electron chi connectivity index (χ0n) is 2.74. The summed E-state index contributed by atoms with van der Waals surface area (Å²) >= 11 is 0. The third-order valence-electron chi connectivity index (χ3n) is 0.255. The first-order chi connectivity index (χ1) is 3.00. The predicted molar refractivity (Wildman–Crippen MR) is 28.5 cm³/mol. The first kappa shape index (κ1) is 4.14. The van der Waals surface area contributed by atoms with Gasteiger partial charge in [0.15, 0.2) is 0 Å². The Balaban J connectivity index is 2.46. The van der Waals surface area contributed by atoms with Gasteiger partial charge in [-0.25, -0.2) is 0 Å². The van der Waals surface area contributed by atoms with Crippen LogP contribution in [0.4, 0.5) is 0 Å². The second-order valence-electron chi connectivity index (χ2n) is 0.563. The number of nitrogens with zero attached hydrogens (tertiary/aromatic N) is 3. The van der Waals surface area contributed by atoms with E-state index in [0.717, 1.165) is 0 Å². The van der Waals surface area contributed by atoms with E-state index in [1.54, 1.807) is 5.55 Å². The summed E-state index contributed by atoms with van der Waals surface area (Å²) in [7, 11) is 2.78. The van der Waals surface area contributed by atoms with E-state index in [9.17, 15) is 0 Å². The van der Waals surface area contributed by atoms with Gasteiger partial charge in [-0.2, -0.15) is 0 Å². The van der Waals surface area contributed by atoms with Crippen LogP contribution in [-0.2, 0) is 0 Å². The van der Waals surface area contributed by atoms with Gasteiger partial charge in [-0.1, -0.05) is 4.52 Å². The van der Waals surface area contributed by atoms with Gasteiger partial charge in [-0.15, -0.1) is 5.10 Å². The van der Waals surface area contributed by atoms with Crippen molar-refractivity contribution in [1.29, 1.82) is 0 Å². The molecule has 0 aliphatic carbocycles. The summed E-state index contributed by atoms with van der Waals surface area (Å²) in [5.41, 5.74) is 1.64. The van der Waals surface area contributed by atoms with Crippen molar-refractivity contribution >= 4 is 27.3 Å². The van der Waals surface area contributed by atoms with Crippen LogP contribution in [0.15, 0.2) is 14.8 Å². The summed E-state index contributed by atoms with van der Waals surface area (Å²) < 4.78 is 3.48. The molecule has 0 fully saturated rings. The molecule has 0 aromatic heterocycles. The third-order valence-corrected chi connectivity index (χ3v) is 1.38. The van der Waals surface area contributed by atoms with E-state index in [-0.39, 0.29) is 0 Å². The molecule has 0 N–H and O–H groups in total. The number of hydrogen-bond donors (Lipinski definition) is 0. The molecule has 0 unspecified atom stereocenters. The lowest BCUT2D eigenvalue weighted by molar-refractivity contribution is 1.13. The van der Waals surface area contributed by atoms with Crippen LogP contribution in [0.25, 0.3) is 0 Å². The number of hydrogen-bond acceptors (Lipinski definition) is 5. The minimum absolute atomic E-state index is 1.32. The van der Waals surface area contributed by atoms with Crippen LogP contribution in [-0.4, -0.2) is 5.55 Å². The van der Waals surface area contributed by atoms with Crippen LogP contribution in [0.2, 0.25) is 0 Å². The van der Waals surface area contributed by atoms with E-state index in [1.807, 2.05) is 0 Å². The highest BCUT2D eigenvalue weighted by molar-refractivity contribution is 8.81. The van der Waals surface area contributed by atoms with Crippen LogP contribution < -0.4 is 0 Å². The average molecular weight is 119 g/mol. The van der Waals surface area contributed by atoms with Gasteiger partial charge in [-0.3, -0.25) is 0 Å². The Bertz CT molecular complexity index is 74.8. The fourth-order valence-corrected chi connectivity index (χ4v) is 0.780. The van der Waals surface area contributed by atoms with E-state index < -0.39 is 0 Å². The van der Waals surface area contributed by atoms with E-state index in [4.69, 9.17) is 0 Å². The molecule has 0 amide bonds. The van der Waals surface area contributed by atoms with Crippen molar-refractivity contribution in [3.05, 3.63) is 0 Å². The van der Waals surface area contributed by atoms with Gasteiger partial charge in [0.25, 0.3) is 0 Å². The molecule has 1 aliphatic heterocycles. The molecule has 5 heteroatoms. The molecule has 0 aromatic rings. The molecule has 0 bridgehead atoms. The third kappa shape index (κ3) is 0.983. The van der Waals surface area contributed by atoms with Crippen molar-refractivity contribution in [3.63, 3.8) is 0 Å². The van der Waals surface area contributed by atoms with Crippen LogP contribution in [0, 0.1) is 0 Å². The van der Waals surface area contributed by atoms with Crippen molar-refractivity contribution in [1.82, 2.24) is 0 Å². The smallest absolute Gasteiger partial charge is 0.0968 e. The van der Waals surface area contributed by atoms with Gasteiger partial charge in [0, 0.05) is 0 Å². The maximum atomic E-state index is 3.48. The molecule has 1 aliphatic rings. The minimum Gasteiger partial charge on any atom is -0.130 e. The van der Waals surface area contributed by atoms with E-state index in [0.29, 0.717) is 0 Å². The lowest BCUT2D eigenvalue weighted by Crippen LogP contribution is -1.57. The summed E-state index contributed by atoms with van der Waals surface area (Å²) in [5.74, 6) is 0. The molecule has 32 valence electrons. The van der Waals surface area contributed by atoms with Crippen LogP contribution in [0.5, 0.6) is 0 Å². The van der Waals surface area contributed by atoms with Crippen LogP contribution in [0.1, 0.15) is 0 Å². The summed E-state index contributed by atoms with van der Waals surface area (Å²) in [5, 5.41) is 6.77. The van der Waals surface area contributed by atoms with Gasteiger partial charge in [0.1, 0.15) is 0 Å². The van der Waals surface area contributed by atoms with E-state index in [2.05, 4.69) is 14.8 Å². The summed E-state index contributed by atoms with van der Waals surface area (Å²) in [4.78, 5) is 0. The van der Waals surface area contributed by atoms with Crippen LogP contribution in [0.3, 0.4) is 0 Å². The van der Waals surface area contributed by atoms with Gasteiger partial charge in [0.2, 0.25) is 0 Å². The van der Waals surface area contributed by atoms with Crippen molar-refractivity contribution < 1.29 is 0 Å². The largest absolute Gasteiger partial charge is 0.130 e.